The lowest BCUT2D eigenvalue weighted by Crippen LogP contribution is -2.26. The standard InChI is InChI=1S/C21H22N2O4/c1-13-5-7-15(8-6-13)18-12-20(27-23-18)21(24)22-14(2)17-10-9-16(25-3)11-19(17)26-4/h5-12,14H,1-4H3,(H,22,24). The first kappa shape index (κ1) is 18.5. The Hall–Kier alpha value is -3.28. The summed E-state index contributed by atoms with van der Waals surface area (Å²) in [7, 11) is 3.17. The third-order valence-electron chi connectivity index (χ3n) is 4.34. The predicted octanol–water partition coefficient (Wildman–Crippen LogP) is 4.16. The van der Waals surface area contributed by atoms with Crippen molar-refractivity contribution < 1.29 is 18.8 Å². The van der Waals surface area contributed by atoms with Crippen LogP contribution < -0.4 is 14.8 Å². The zero-order chi connectivity index (χ0) is 19.4. The van der Waals surface area contributed by atoms with E-state index in [0.29, 0.717) is 17.2 Å². The van der Waals surface area contributed by atoms with Gasteiger partial charge in [0, 0.05) is 23.3 Å². The molecular weight excluding hydrogens is 344 g/mol. The lowest BCUT2D eigenvalue weighted by Gasteiger charge is -2.17. The fraction of sp³-hybridized carbons (Fsp3) is 0.238. The largest absolute Gasteiger partial charge is 0.497 e. The van der Waals surface area contributed by atoms with Gasteiger partial charge in [0.1, 0.15) is 17.2 Å². The van der Waals surface area contributed by atoms with Gasteiger partial charge in [-0.1, -0.05) is 35.0 Å². The predicted molar refractivity (Wildman–Crippen MR) is 102 cm³/mol. The molecule has 27 heavy (non-hydrogen) atoms. The molecule has 0 spiro atoms. The third-order valence-corrected chi connectivity index (χ3v) is 4.34. The van der Waals surface area contributed by atoms with Crippen LogP contribution >= 0.6 is 0 Å². The first-order valence-corrected chi connectivity index (χ1v) is 8.58. The van der Waals surface area contributed by atoms with Crippen molar-refractivity contribution in [1.82, 2.24) is 10.5 Å². The summed E-state index contributed by atoms with van der Waals surface area (Å²) in [5.41, 5.74) is 3.51. The second-order valence-corrected chi connectivity index (χ2v) is 6.25. The maximum absolute atomic E-state index is 12.5. The Morgan fingerprint density at radius 2 is 1.81 bits per heavy atom. The molecule has 0 saturated heterocycles. The average molecular weight is 366 g/mol. The number of rotatable bonds is 6. The second-order valence-electron chi connectivity index (χ2n) is 6.25. The summed E-state index contributed by atoms with van der Waals surface area (Å²) in [6.45, 7) is 3.89. The summed E-state index contributed by atoms with van der Waals surface area (Å²) >= 11 is 0. The van der Waals surface area contributed by atoms with E-state index < -0.39 is 0 Å². The Labute approximate surface area is 158 Å². The van der Waals surface area contributed by atoms with E-state index in [0.717, 1.165) is 16.7 Å². The van der Waals surface area contributed by atoms with E-state index in [9.17, 15) is 4.79 Å². The van der Waals surface area contributed by atoms with Crippen molar-refractivity contribution in [2.75, 3.05) is 14.2 Å². The average Bonchev–Trinajstić information content (AvgIpc) is 3.18. The molecule has 0 radical (unpaired) electrons. The van der Waals surface area contributed by atoms with Crippen molar-refractivity contribution in [3.8, 4) is 22.8 Å². The van der Waals surface area contributed by atoms with E-state index in [1.807, 2.05) is 50.2 Å². The van der Waals surface area contributed by atoms with Crippen LogP contribution in [0.3, 0.4) is 0 Å². The topological polar surface area (TPSA) is 73.6 Å². The van der Waals surface area contributed by atoms with Gasteiger partial charge >= 0.3 is 0 Å². The number of nitrogens with one attached hydrogen (secondary N) is 1. The van der Waals surface area contributed by atoms with Crippen molar-refractivity contribution in [3.05, 3.63) is 65.4 Å². The number of ether oxygens (including phenoxy) is 2. The molecule has 0 aliphatic heterocycles. The molecule has 1 unspecified atom stereocenters. The highest BCUT2D eigenvalue weighted by atomic mass is 16.5. The Morgan fingerprint density at radius 1 is 1.07 bits per heavy atom. The zero-order valence-corrected chi connectivity index (χ0v) is 15.8. The van der Waals surface area contributed by atoms with Crippen LogP contribution in [0.15, 0.2) is 53.1 Å². The van der Waals surface area contributed by atoms with Gasteiger partial charge in [-0.2, -0.15) is 0 Å². The number of hydrogen-bond acceptors (Lipinski definition) is 5. The van der Waals surface area contributed by atoms with Gasteiger partial charge in [0.2, 0.25) is 5.76 Å². The number of carbonyl (C=O) groups excluding carboxylic acids is 1. The van der Waals surface area contributed by atoms with E-state index in [-0.39, 0.29) is 17.7 Å². The first-order valence-electron chi connectivity index (χ1n) is 8.58. The Kier molecular flexibility index (Phi) is 5.45. The fourth-order valence-corrected chi connectivity index (χ4v) is 2.76. The molecule has 1 atom stereocenters. The molecule has 1 N–H and O–H groups in total. The smallest absolute Gasteiger partial charge is 0.290 e. The lowest BCUT2D eigenvalue weighted by molar-refractivity contribution is 0.0902. The van der Waals surface area contributed by atoms with Gasteiger partial charge in [-0.05, 0) is 26.0 Å². The molecule has 6 heteroatoms. The highest BCUT2D eigenvalue weighted by Gasteiger charge is 2.19. The zero-order valence-electron chi connectivity index (χ0n) is 15.8. The molecule has 1 aromatic heterocycles. The van der Waals surface area contributed by atoms with E-state index in [2.05, 4.69) is 10.5 Å². The van der Waals surface area contributed by atoms with Crippen LogP contribution in [0.1, 0.15) is 34.6 Å². The van der Waals surface area contributed by atoms with E-state index >= 15 is 0 Å². The van der Waals surface area contributed by atoms with Gasteiger partial charge < -0.3 is 19.3 Å². The molecule has 1 amide bonds. The maximum atomic E-state index is 12.5. The first-order chi connectivity index (χ1) is 13.0. The van der Waals surface area contributed by atoms with Crippen LogP contribution in [0.4, 0.5) is 0 Å². The Bertz CT molecular complexity index is 932. The molecule has 0 aliphatic rings. The minimum Gasteiger partial charge on any atom is -0.497 e. The molecule has 2 aromatic carbocycles. The summed E-state index contributed by atoms with van der Waals surface area (Å²) in [4.78, 5) is 12.5. The van der Waals surface area contributed by atoms with Crippen LogP contribution in [0.25, 0.3) is 11.3 Å². The summed E-state index contributed by atoms with van der Waals surface area (Å²) in [6.07, 6.45) is 0. The highest BCUT2D eigenvalue weighted by Crippen LogP contribution is 2.29. The van der Waals surface area contributed by atoms with Gasteiger partial charge in [0.25, 0.3) is 5.91 Å². The van der Waals surface area contributed by atoms with Crippen molar-refractivity contribution in [1.29, 1.82) is 0 Å². The van der Waals surface area contributed by atoms with Crippen molar-refractivity contribution in [3.63, 3.8) is 0 Å². The maximum Gasteiger partial charge on any atom is 0.290 e. The van der Waals surface area contributed by atoms with E-state index in [4.69, 9.17) is 14.0 Å². The number of aryl methyl sites for hydroxylation is 1. The van der Waals surface area contributed by atoms with E-state index in [1.54, 1.807) is 26.4 Å². The molecule has 3 aromatic rings. The van der Waals surface area contributed by atoms with Crippen LogP contribution in [-0.4, -0.2) is 25.3 Å². The third kappa shape index (κ3) is 4.11. The molecule has 0 aliphatic carbocycles. The van der Waals surface area contributed by atoms with Crippen molar-refractivity contribution in [2.24, 2.45) is 0 Å². The minimum atomic E-state index is -0.341. The summed E-state index contributed by atoms with van der Waals surface area (Å²) in [6, 6.07) is 14.7. The Morgan fingerprint density at radius 3 is 2.48 bits per heavy atom. The number of nitrogens with zero attached hydrogens (tertiary/aromatic N) is 1. The normalized spacial score (nSPS) is 11.7. The highest BCUT2D eigenvalue weighted by molar-refractivity contribution is 5.92. The number of aromatic nitrogens is 1. The molecule has 3 rings (SSSR count). The number of methoxy groups -OCH3 is 2. The SMILES string of the molecule is COc1ccc(C(C)NC(=O)c2cc(-c3ccc(C)cc3)no2)c(OC)c1. The van der Waals surface area contributed by atoms with Gasteiger partial charge in [-0.15, -0.1) is 0 Å². The molecular formula is C21H22N2O4. The van der Waals surface area contributed by atoms with Gasteiger partial charge in [0.15, 0.2) is 0 Å². The summed E-state index contributed by atoms with van der Waals surface area (Å²) < 4.78 is 15.8. The summed E-state index contributed by atoms with van der Waals surface area (Å²) in [5.74, 6) is 1.14. The number of amides is 1. The molecule has 0 saturated carbocycles. The van der Waals surface area contributed by atoms with Gasteiger partial charge in [0.05, 0.1) is 20.3 Å². The van der Waals surface area contributed by atoms with Crippen LogP contribution in [-0.2, 0) is 0 Å². The molecule has 6 nitrogen and oxygen atoms in total. The van der Waals surface area contributed by atoms with Crippen molar-refractivity contribution >= 4 is 5.91 Å². The van der Waals surface area contributed by atoms with Crippen molar-refractivity contribution in [2.45, 2.75) is 19.9 Å². The number of carbonyl (C=O) groups is 1. The summed E-state index contributed by atoms with van der Waals surface area (Å²) in [5, 5.41) is 6.90. The number of benzene rings is 2. The van der Waals surface area contributed by atoms with Gasteiger partial charge in [-0.3, -0.25) is 4.79 Å². The molecule has 0 fully saturated rings. The number of hydrogen-bond donors (Lipinski definition) is 1. The van der Waals surface area contributed by atoms with E-state index in [1.165, 1.54) is 0 Å². The Balaban J connectivity index is 1.75. The van der Waals surface area contributed by atoms with Crippen LogP contribution in [0.2, 0.25) is 0 Å². The molecule has 140 valence electrons. The van der Waals surface area contributed by atoms with Crippen LogP contribution in [0, 0.1) is 6.92 Å². The fourth-order valence-electron chi connectivity index (χ4n) is 2.76. The lowest BCUT2D eigenvalue weighted by atomic mass is 10.1. The van der Waals surface area contributed by atoms with Gasteiger partial charge in [-0.25, -0.2) is 0 Å². The minimum absolute atomic E-state index is 0.157. The van der Waals surface area contributed by atoms with Crippen LogP contribution in [0.5, 0.6) is 11.5 Å². The quantitative estimate of drug-likeness (QED) is 0.709. The molecule has 1 heterocycles. The second kappa shape index (κ2) is 7.95. The monoisotopic (exact) mass is 366 g/mol. The molecule has 0 bridgehead atoms.